The first-order chi connectivity index (χ1) is 17.0. The van der Waals surface area contributed by atoms with Crippen molar-refractivity contribution in [2.75, 3.05) is 85.9 Å². The smallest absolute Gasteiger partial charge is 0.335 e. The first-order valence-electron chi connectivity index (χ1n) is 11.6. The van der Waals surface area contributed by atoms with Crippen LogP contribution in [0.5, 0.6) is 0 Å². The van der Waals surface area contributed by atoms with E-state index >= 15 is 0 Å². The van der Waals surface area contributed by atoms with E-state index in [1.807, 2.05) is 0 Å². The van der Waals surface area contributed by atoms with Gasteiger partial charge in [-0.3, -0.25) is 0 Å². The van der Waals surface area contributed by atoms with Gasteiger partial charge in [0.1, 0.15) is 6.61 Å². The summed E-state index contributed by atoms with van der Waals surface area (Å²) in [7, 11) is 0. The lowest BCUT2D eigenvalue weighted by atomic mass is 9.90. The van der Waals surface area contributed by atoms with Gasteiger partial charge in [-0.2, -0.15) is 0 Å². The summed E-state index contributed by atoms with van der Waals surface area (Å²) in [6.07, 6.45) is 0. The topological polar surface area (TPSA) is 111 Å². The van der Waals surface area contributed by atoms with Gasteiger partial charge >= 0.3 is 5.97 Å². The lowest BCUT2D eigenvalue weighted by Crippen LogP contribution is -2.60. The van der Waals surface area contributed by atoms with Crippen LogP contribution in [-0.2, 0) is 37.9 Å². The van der Waals surface area contributed by atoms with Crippen molar-refractivity contribution in [3.05, 3.63) is 35.4 Å². The molecule has 3 saturated heterocycles. The zero-order chi connectivity index (χ0) is 24.8. The second kappa shape index (κ2) is 14.5. The Morgan fingerprint density at radius 3 is 2.00 bits per heavy atom. The third-order valence-electron chi connectivity index (χ3n) is 5.33. The van der Waals surface area contributed by atoms with Crippen molar-refractivity contribution in [3.8, 4) is 11.8 Å². The van der Waals surface area contributed by atoms with Crippen molar-refractivity contribution in [2.24, 2.45) is 5.41 Å². The van der Waals surface area contributed by atoms with Gasteiger partial charge in [0.15, 0.2) is 0 Å². The number of hydrogen-bond donors (Lipinski definition) is 1. The molecule has 10 nitrogen and oxygen atoms in total. The van der Waals surface area contributed by atoms with Crippen molar-refractivity contribution >= 4 is 5.97 Å². The number of hydrogen-bond acceptors (Lipinski definition) is 9. The molecule has 2 bridgehead atoms. The zero-order valence-electron chi connectivity index (χ0n) is 20.1. The summed E-state index contributed by atoms with van der Waals surface area (Å²) in [6.45, 7) is 8.00. The number of ether oxygens (including phenoxy) is 8. The molecule has 194 valence electrons. The number of carboxylic acids is 1. The highest BCUT2D eigenvalue weighted by Crippen LogP contribution is 2.38. The van der Waals surface area contributed by atoms with Gasteiger partial charge in [-0.15, -0.1) is 0 Å². The van der Waals surface area contributed by atoms with Crippen LogP contribution in [0.15, 0.2) is 24.3 Å². The zero-order valence-corrected chi connectivity index (χ0v) is 20.1. The SMILES string of the molecule is CC12OCC(COCCOCCOCCOCCOCC#Cc3cccc(C(=O)O)c3)(CO1)CO2. The van der Waals surface area contributed by atoms with Crippen LogP contribution >= 0.6 is 0 Å². The second-order valence-electron chi connectivity index (χ2n) is 8.36. The Kier molecular flexibility index (Phi) is 11.4. The van der Waals surface area contributed by atoms with Gasteiger partial charge < -0.3 is 43.0 Å². The average Bonchev–Trinajstić information content (AvgIpc) is 2.87. The first kappa shape index (κ1) is 27.5. The van der Waals surface area contributed by atoms with Crippen LogP contribution < -0.4 is 0 Å². The molecule has 0 unspecified atom stereocenters. The molecule has 3 aliphatic rings. The minimum atomic E-state index is -0.974. The monoisotopic (exact) mass is 494 g/mol. The van der Waals surface area contributed by atoms with Gasteiger partial charge in [0.2, 0.25) is 0 Å². The Morgan fingerprint density at radius 2 is 1.43 bits per heavy atom. The van der Waals surface area contributed by atoms with E-state index < -0.39 is 11.9 Å². The van der Waals surface area contributed by atoms with Crippen LogP contribution in [-0.4, -0.2) is 103 Å². The fourth-order valence-electron chi connectivity index (χ4n) is 3.29. The number of benzene rings is 1. The lowest BCUT2D eigenvalue weighted by Gasteiger charge is -2.50. The number of carbonyl (C=O) groups is 1. The normalized spacial score (nSPS) is 23.1. The number of rotatable bonds is 16. The third-order valence-corrected chi connectivity index (χ3v) is 5.33. The molecule has 1 N–H and O–H groups in total. The molecule has 0 aliphatic carbocycles. The maximum Gasteiger partial charge on any atom is 0.335 e. The number of carboxylic acid groups (broad SMARTS) is 1. The highest BCUT2D eigenvalue weighted by Gasteiger charge is 2.50. The molecule has 0 amide bonds. The molecule has 4 rings (SSSR count). The Balaban J connectivity index is 1.06. The molecular formula is C25H34O10. The Bertz CT molecular complexity index is 822. The predicted molar refractivity (Wildman–Crippen MR) is 123 cm³/mol. The highest BCUT2D eigenvalue weighted by atomic mass is 16.9. The maximum absolute atomic E-state index is 10.9. The van der Waals surface area contributed by atoms with Crippen LogP contribution in [0, 0.1) is 17.3 Å². The summed E-state index contributed by atoms with van der Waals surface area (Å²) < 4.78 is 44.2. The van der Waals surface area contributed by atoms with E-state index in [0.717, 1.165) is 0 Å². The van der Waals surface area contributed by atoms with Crippen LogP contribution in [0.1, 0.15) is 22.8 Å². The molecule has 0 aromatic heterocycles. The molecule has 3 heterocycles. The van der Waals surface area contributed by atoms with E-state index in [1.165, 1.54) is 12.1 Å². The van der Waals surface area contributed by atoms with E-state index in [0.29, 0.717) is 84.8 Å². The standard InChI is InChI=1S/C25H34O10/c1-24-33-18-25(19-34-24,20-35-24)17-32-15-14-31-13-12-30-11-10-29-9-8-28-7-3-5-21-4-2-6-22(16-21)23(26)27/h2,4,6,16H,7-15,17-20H2,1H3,(H,26,27). The van der Waals surface area contributed by atoms with Crippen molar-refractivity contribution in [3.63, 3.8) is 0 Å². The minimum Gasteiger partial charge on any atom is -0.478 e. The molecule has 35 heavy (non-hydrogen) atoms. The second-order valence-corrected chi connectivity index (χ2v) is 8.36. The highest BCUT2D eigenvalue weighted by molar-refractivity contribution is 5.87. The van der Waals surface area contributed by atoms with Gasteiger partial charge in [-0.25, -0.2) is 4.79 Å². The van der Waals surface area contributed by atoms with Crippen molar-refractivity contribution in [1.29, 1.82) is 0 Å². The van der Waals surface area contributed by atoms with E-state index in [4.69, 9.17) is 43.0 Å². The Hall–Kier alpha value is -2.07. The molecular weight excluding hydrogens is 460 g/mol. The quantitative estimate of drug-likeness (QED) is 0.268. The summed E-state index contributed by atoms with van der Waals surface area (Å²) in [5, 5.41) is 8.96. The Morgan fingerprint density at radius 1 is 0.886 bits per heavy atom. The number of fused-ring (bicyclic) bond motifs is 3. The van der Waals surface area contributed by atoms with E-state index in [1.54, 1.807) is 19.1 Å². The first-order valence-corrected chi connectivity index (χ1v) is 11.6. The van der Waals surface area contributed by atoms with Gasteiger partial charge in [0, 0.05) is 12.5 Å². The predicted octanol–water partition coefficient (Wildman–Crippen LogP) is 1.56. The summed E-state index contributed by atoms with van der Waals surface area (Å²) in [6, 6.07) is 6.47. The van der Waals surface area contributed by atoms with Gasteiger partial charge in [0.05, 0.1) is 90.3 Å². The summed E-state index contributed by atoms with van der Waals surface area (Å²) >= 11 is 0. The molecule has 3 fully saturated rings. The van der Waals surface area contributed by atoms with Crippen molar-refractivity contribution < 1.29 is 47.8 Å². The fourth-order valence-corrected chi connectivity index (χ4v) is 3.29. The summed E-state index contributed by atoms with van der Waals surface area (Å²) in [4.78, 5) is 10.9. The van der Waals surface area contributed by atoms with Crippen molar-refractivity contribution in [2.45, 2.75) is 12.9 Å². The molecule has 0 saturated carbocycles. The average molecular weight is 495 g/mol. The molecule has 10 heteroatoms. The van der Waals surface area contributed by atoms with Gasteiger partial charge in [-0.1, -0.05) is 17.9 Å². The van der Waals surface area contributed by atoms with Crippen LogP contribution in [0.3, 0.4) is 0 Å². The van der Waals surface area contributed by atoms with E-state index in [-0.39, 0.29) is 17.6 Å². The maximum atomic E-state index is 10.9. The van der Waals surface area contributed by atoms with E-state index in [9.17, 15) is 4.79 Å². The fraction of sp³-hybridized carbons (Fsp3) is 0.640. The van der Waals surface area contributed by atoms with Crippen LogP contribution in [0.25, 0.3) is 0 Å². The number of aromatic carboxylic acids is 1. The molecule has 3 aliphatic heterocycles. The molecule has 1 aromatic rings. The molecule has 0 radical (unpaired) electrons. The summed E-state index contributed by atoms with van der Waals surface area (Å²) in [5.74, 6) is 3.86. The summed E-state index contributed by atoms with van der Waals surface area (Å²) in [5.41, 5.74) is 0.622. The van der Waals surface area contributed by atoms with E-state index in [2.05, 4.69) is 11.8 Å². The van der Waals surface area contributed by atoms with Crippen LogP contribution in [0.4, 0.5) is 0 Å². The lowest BCUT2D eigenvalue weighted by molar-refractivity contribution is -0.462. The largest absolute Gasteiger partial charge is 0.478 e. The third kappa shape index (κ3) is 9.83. The molecule has 0 spiro atoms. The Labute approximate surface area is 205 Å². The van der Waals surface area contributed by atoms with Gasteiger partial charge in [-0.05, 0) is 18.2 Å². The molecule has 0 atom stereocenters. The van der Waals surface area contributed by atoms with Crippen molar-refractivity contribution in [1.82, 2.24) is 0 Å². The molecule has 1 aromatic carbocycles. The minimum absolute atomic E-state index is 0.210. The van der Waals surface area contributed by atoms with Crippen LogP contribution in [0.2, 0.25) is 0 Å². The van der Waals surface area contributed by atoms with Gasteiger partial charge in [0.25, 0.3) is 5.97 Å².